The summed E-state index contributed by atoms with van der Waals surface area (Å²) in [6.45, 7) is 30.1. The molecule has 8 nitrogen and oxygen atoms in total. The minimum atomic E-state index is -0.421. The van der Waals surface area contributed by atoms with E-state index in [9.17, 15) is 0 Å². The highest BCUT2D eigenvalue weighted by Crippen LogP contribution is 2.40. The van der Waals surface area contributed by atoms with Gasteiger partial charge in [-0.05, 0) is 145 Å². The fourth-order valence-corrected chi connectivity index (χ4v) is 6.45. The molecule has 2 fully saturated rings. The lowest BCUT2D eigenvalue weighted by Gasteiger charge is -2.32. The Labute approximate surface area is 281 Å². The van der Waals surface area contributed by atoms with Crippen molar-refractivity contribution in [2.24, 2.45) is 0 Å². The Morgan fingerprint density at radius 3 is 0.851 bits per heavy atom. The fraction of sp³-hybridized carbons (Fsp3) is 0.568. The van der Waals surface area contributed by atoms with Crippen LogP contribution in [-0.4, -0.2) is 56.6 Å². The molecule has 2 aliphatic heterocycles. The monoisotopic (exact) mass is 640 g/mol. The van der Waals surface area contributed by atoms with Gasteiger partial charge in [0.15, 0.2) is 0 Å². The van der Waals surface area contributed by atoms with Gasteiger partial charge in [-0.1, -0.05) is 0 Å². The maximum atomic E-state index is 6.29. The van der Waals surface area contributed by atoms with E-state index >= 15 is 0 Å². The van der Waals surface area contributed by atoms with Crippen LogP contribution in [0.15, 0.2) is 48.5 Å². The summed E-state index contributed by atoms with van der Waals surface area (Å²) in [6.07, 6.45) is 0. The average molecular weight is 640 g/mol. The Morgan fingerprint density at radius 2 is 0.596 bits per heavy atom. The van der Waals surface area contributed by atoms with Crippen molar-refractivity contribution in [2.75, 3.05) is 0 Å². The molecule has 252 valence electrons. The van der Waals surface area contributed by atoms with Crippen molar-refractivity contribution in [3.63, 3.8) is 0 Å². The molecule has 4 aromatic rings. The second-order valence-corrected chi connectivity index (χ2v) is 17.3. The van der Waals surface area contributed by atoms with Crippen LogP contribution in [0.4, 0.5) is 0 Å². The highest BCUT2D eigenvalue weighted by atomic mass is 16.7. The largest absolute Gasteiger partial charge is 0.512 e. The first kappa shape index (κ1) is 34.0. The van der Waals surface area contributed by atoms with E-state index in [-0.39, 0.29) is 38.6 Å². The molecule has 10 heteroatoms. The van der Waals surface area contributed by atoms with Crippen LogP contribution in [0.3, 0.4) is 0 Å². The molecule has 47 heavy (non-hydrogen) atoms. The van der Waals surface area contributed by atoms with Gasteiger partial charge in [-0.25, -0.2) is 0 Å². The molecule has 2 aliphatic rings. The Hall–Kier alpha value is -2.91. The summed E-state index contributed by atoms with van der Waals surface area (Å²) in [5.41, 5.74) is 6.23. The van der Waals surface area contributed by atoms with Crippen molar-refractivity contribution in [1.82, 2.24) is 19.9 Å². The van der Waals surface area contributed by atoms with Gasteiger partial charge in [-0.2, -0.15) is 0 Å². The number of aromatic amines is 4. The van der Waals surface area contributed by atoms with Crippen LogP contribution in [-0.2, 0) is 34.9 Å². The van der Waals surface area contributed by atoms with Crippen molar-refractivity contribution < 1.29 is 18.6 Å². The maximum absolute atomic E-state index is 6.29. The quantitative estimate of drug-likeness (QED) is 0.164. The second-order valence-electron chi connectivity index (χ2n) is 17.3. The van der Waals surface area contributed by atoms with Crippen LogP contribution in [0, 0.1) is 0 Å². The molecule has 6 rings (SSSR count). The third-order valence-electron chi connectivity index (χ3n) is 11.8. The zero-order chi connectivity index (χ0) is 34.6. The SMILES string of the molecule is CC(C)(c1ccc(B2OC(C)(C)C(C)(C)O2)[nH]1)c1ccc(C(C)(C)c2ccc(C(C)(C)c3ccc(B4OC(C)(C)C(C)(C)O4)[nH]3)[nH]2)[nH]1. The summed E-state index contributed by atoms with van der Waals surface area (Å²) in [6, 6.07) is 17.3. The van der Waals surface area contributed by atoms with E-state index in [1.807, 2.05) is 0 Å². The van der Waals surface area contributed by atoms with Crippen molar-refractivity contribution in [2.45, 2.75) is 136 Å². The first-order valence-electron chi connectivity index (χ1n) is 17.0. The zero-order valence-corrected chi connectivity index (χ0v) is 30.9. The minimum Gasteiger partial charge on any atom is -0.398 e. The smallest absolute Gasteiger partial charge is 0.398 e. The van der Waals surface area contributed by atoms with Crippen molar-refractivity contribution in [3.8, 4) is 0 Å². The lowest BCUT2D eigenvalue weighted by molar-refractivity contribution is 0.00578. The van der Waals surface area contributed by atoms with Gasteiger partial charge >= 0.3 is 14.2 Å². The Balaban J connectivity index is 1.19. The Kier molecular flexibility index (Phi) is 7.62. The van der Waals surface area contributed by atoms with Crippen molar-refractivity contribution >= 4 is 25.4 Å². The second kappa shape index (κ2) is 10.5. The van der Waals surface area contributed by atoms with E-state index in [1.165, 1.54) is 0 Å². The van der Waals surface area contributed by atoms with E-state index in [4.69, 9.17) is 18.6 Å². The van der Waals surface area contributed by atoms with Gasteiger partial charge in [0.1, 0.15) is 0 Å². The van der Waals surface area contributed by atoms with Gasteiger partial charge in [0.2, 0.25) is 0 Å². The number of hydrogen-bond acceptors (Lipinski definition) is 4. The van der Waals surface area contributed by atoms with Gasteiger partial charge < -0.3 is 38.6 Å². The van der Waals surface area contributed by atoms with Crippen LogP contribution in [0.1, 0.15) is 131 Å². The van der Waals surface area contributed by atoms with Crippen LogP contribution in [0.2, 0.25) is 0 Å². The molecule has 0 unspecified atom stereocenters. The lowest BCUT2D eigenvalue weighted by Crippen LogP contribution is -2.41. The molecular weight excluding hydrogens is 586 g/mol. The van der Waals surface area contributed by atoms with Crippen LogP contribution in [0.5, 0.6) is 0 Å². The number of aromatic nitrogens is 4. The molecule has 0 atom stereocenters. The number of H-pyrrole nitrogens is 4. The van der Waals surface area contributed by atoms with Gasteiger partial charge in [-0.3, -0.25) is 0 Å². The molecule has 0 radical (unpaired) electrons. The highest BCUT2D eigenvalue weighted by Gasteiger charge is 2.53. The summed E-state index contributed by atoms with van der Waals surface area (Å²) >= 11 is 0. The molecule has 4 N–H and O–H groups in total. The Bertz CT molecular complexity index is 1610. The summed E-state index contributed by atoms with van der Waals surface area (Å²) in [4.78, 5) is 14.8. The normalized spacial score (nSPS) is 20.8. The van der Waals surface area contributed by atoms with Gasteiger partial charge in [0, 0.05) is 61.6 Å². The zero-order valence-electron chi connectivity index (χ0n) is 30.9. The third kappa shape index (κ3) is 5.49. The van der Waals surface area contributed by atoms with E-state index in [1.54, 1.807) is 0 Å². The molecule has 0 spiro atoms. The van der Waals surface area contributed by atoms with Crippen LogP contribution >= 0.6 is 0 Å². The Morgan fingerprint density at radius 1 is 0.383 bits per heavy atom. The third-order valence-corrected chi connectivity index (χ3v) is 11.8. The van der Waals surface area contributed by atoms with Gasteiger partial charge in [0.25, 0.3) is 0 Å². The van der Waals surface area contributed by atoms with Crippen LogP contribution in [0.25, 0.3) is 0 Å². The number of hydrogen-bond donors (Lipinski definition) is 4. The molecule has 2 saturated heterocycles. The van der Waals surface area contributed by atoms with Crippen molar-refractivity contribution in [3.05, 3.63) is 82.7 Å². The van der Waals surface area contributed by atoms with E-state index in [0.717, 1.165) is 45.4 Å². The molecular formula is C37H54B2N4O4. The molecule has 4 aromatic heterocycles. The van der Waals surface area contributed by atoms with E-state index in [0.29, 0.717) is 0 Å². The number of nitrogens with one attached hydrogen (secondary N) is 4. The summed E-state index contributed by atoms with van der Waals surface area (Å²) < 4.78 is 25.2. The predicted octanol–water partition coefficient (Wildman–Crippen LogP) is 6.58. The fourth-order valence-electron chi connectivity index (χ4n) is 6.45. The summed E-state index contributed by atoms with van der Waals surface area (Å²) in [7, 11) is -0.842. The molecule has 0 aliphatic carbocycles. The van der Waals surface area contributed by atoms with Crippen LogP contribution < -0.4 is 11.2 Å². The maximum Gasteiger partial charge on any atom is 0.512 e. The standard InChI is InChI=1S/C37H54B2N4O4/c1-31(2,23-15-17-25(40-23)32(3,4)27-19-21-29(42-27)38-44-34(7,8)35(9,10)45-38)24-16-18-26(41-24)33(5,6)28-20-22-30(43-28)39-46-36(11,12)37(13,14)47-39/h15-22,40-43H,1-14H3. The first-order valence-corrected chi connectivity index (χ1v) is 17.0. The molecule has 0 amide bonds. The topological polar surface area (TPSA) is 100 Å². The van der Waals surface area contributed by atoms with Crippen molar-refractivity contribution in [1.29, 1.82) is 0 Å². The molecule has 0 bridgehead atoms. The predicted molar refractivity (Wildman–Crippen MR) is 191 cm³/mol. The first-order chi connectivity index (χ1) is 21.5. The lowest BCUT2D eigenvalue weighted by atomic mass is 9.85. The van der Waals surface area contributed by atoms with E-state index < -0.39 is 14.2 Å². The van der Waals surface area contributed by atoms with Gasteiger partial charge in [0.05, 0.1) is 22.4 Å². The highest BCUT2D eigenvalue weighted by molar-refractivity contribution is 6.61. The molecule has 6 heterocycles. The molecule has 0 aromatic carbocycles. The summed E-state index contributed by atoms with van der Waals surface area (Å²) in [5, 5.41) is 0. The van der Waals surface area contributed by atoms with E-state index in [2.05, 4.69) is 165 Å². The average Bonchev–Trinajstić information content (AvgIpc) is 3.78. The summed E-state index contributed by atoms with van der Waals surface area (Å²) in [5.74, 6) is 0. The van der Waals surface area contributed by atoms with Gasteiger partial charge in [-0.15, -0.1) is 0 Å². The minimum absolute atomic E-state index is 0.282. The number of rotatable bonds is 8. The molecule has 0 saturated carbocycles.